The molecule has 1 heterocycles. The van der Waals surface area contributed by atoms with Gasteiger partial charge in [-0.25, -0.2) is 4.39 Å². The van der Waals surface area contributed by atoms with E-state index in [9.17, 15) is 14.0 Å². The summed E-state index contributed by atoms with van der Waals surface area (Å²) in [7, 11) is 0. The lowest BCUT2D eigenvalue weighted by molar-refractivity contribution is -0.138. The summed E-state index contributed by atoms with van der Waals surface area (Å²) in [6.07, 6.45) is -0.706. The molecule has 7 heteroatoms. The van der Waals surface area contributed by atoms with Crippen molar-refractivity contribution in [3.63, 3.8) is 0 Å². The molecule has 1 aliphatic heterocycles. The van der Waals surface area contributed by atoms with Crippen molar-refractivity contribution in [1.29, 1.82) is 0 Å². The average Bonchev–Trinajstić information content (AvgIpc) is 2.91. The minimum absolute atomic E-state index is 0.125. The van der Waals surface area contributed by atoms with Gasteiger partial charge in [-0.05, 0) is 43.3 Å². The fourth-order valence-electron chi connectivity index (χ4n) is 3.51. The van der Waals surface area contributed by atoms with Crippen LogP contribution in [0.4, 0.5) is 10.1 Å². The molecule has 3 aromatic rings. The van der Waals surface area contributed by atoms with E-state index >= 15 is 0 Å². The Morgan fingerprint density at radius 1 is 1.12 bits per heavy atom. The Labute approximate surface area is 185 Å². The molecule has 0 bridgehead atoms. The van der Waals surface area contributed by atoms with Gasteiger partial charge in [0.05, 0.1) is 0 Å². The van der Waals surface area contributed by atoms with Gasteiger partial charge < -0.3 is 19.7 Å². The van der Waals surface area contributed by atoms with E-state index in [1.165, 1.54) is 6.07 Å². The number of anilines is 1. The minimum atomic E-state index is -0.706. The van der Waals surface area contributed by atoms with Crippen molar-refractivity contribution in [2.45, 2.75) is 26.1 Å². The third-order valence-electron chi connectivity index (χ3n) is 5.10. The van der Waals surface area contributed by atoms with E-state index in [4.69, 9.17) is 9.47 Å². The predicted molar refractivity (Wildman–Crippen MR) is 118 cm³/mol. The smallest absolute Gasteiger partial charge is 0.263 e. The van der Waals surface area contributed by atoms with Crippen molar-refractivity contribution in [2.24, 2.45) is 0 Å². The van der Waals surface area contributed by atoms with Crippen molar-refractivity contribution in [3.05, 3.63) is 89.7 Å². The minimum Gasteiger partial charge on any atom is -0.484 e. The van der Waals surface area contributed by atoms with E-state index in [1.807, 2.05) is 18.2 Å². The first-order chi connectivity index (χ1) is 15.5. The average molecular weight is 434 g/mol. The first-order valence-electron chi connectivity index (χ1n) is 10.3. The molecule has 0 spiro atoms. The van der Waals surface area contributed by atoms with Crippen molar-refractivity contribution in [3.8, 4) is 11.5 Å². The molecule has 2 amide bonds. The topological polar surface area (TPSA) is 67.9 Å². The summed E-state index contributed by atoms with van der Waals surface area (Å²) in [4.78, 5) is 26.7. The predicted octanol–water partition coefficient (Wildman–Crippen LogP) is 4.15. The van der Waals surface area contributed by atoms with Crippen LogP contribution in [0.2, 0.25) is 0 Å². The van der Waals surface area contributed by atoms with Gasteiger partial charge in [0.15, 0.2) is 12.7 Å². The van der Waals surface area contributed by atoms with Crippen LogP contribution in [0.3, 0.4) is 0 Å². The second kappa shape index (κ2) is 9.51. The largest absolute Gasteiger partial charge is 0.484 e. The lowest BCUT2D eigenvalue weighted by atomic mass is 10.1. The summed E-state index contributed by atoms with van der Waals surface area (Å²) < 4.78 is 25.4. The third-order valence-corrected chi connectivity index (χ3v) is 5.10. The number of hydrogen-bond donors (Lipinski definition) is 1. The summed E-state index contributed by atoms with van der Waals surface area (Å²) in [5.41, 5.74) is 1.71. The Morgan fingerprint density at radius 2 is 1.88 bits per heavy atom. The number of halogens is 1. The molecule has 1 N–H and O–H groups in total. The van der Waals surface area contributed by atoms with Crippen LogP contribution in [0.15, 0.2) is 72.8 Å². The van der Waals surface area contributed by atoms with E-state index in [2.05, 4.69) is 5.32 Å². The maximum absolute atomic E-state index is 14.1. The van der Waals surface area contributed by atoms with Crippen LogP contribution in [0.5, 0.6) is 11.5 Å². The molecule has 0 radical (unpaired) electrons. The first kappa shape index (κ1) is 21.4. The summed E-state index contributed by atoms with van der Waals surface area (Å²) in [6.45, 7) is 1.89. The van der Waals surface area contributed by atoms with Gasteiger partial charge in [-0.1, -0.05) is 36.4 Å². The summed E-state index contributed by atoms with van der Waals surface area (Å²) >= 11 is 0. The van der Waals surface area contributed by atoms with Crippen molar-refractivity contribution in [2.75, 3.05) is 11.9 Å². The van der Waals surface area contributed by atoms with E-state index in [0.717, 1.165) is 5.56 Å². The van der Waals surface area contributed by atoms with Crippen LogP contribution in [-0.4, -0.2) is 29.4 Å². The van der Waals surface area contributed by atoms with Crippen LogP contribution < -0.4 is 14.8 Å². The summed E-state index contributed by atoms with van der Waals surface area (Å²) in [6, 6.07) is 20.6. The highest BCUT2D eigenvalue weighted by Crippen LogP contribution is 2.29. The highest BCUT2D eigenvalue weighted by Gasteiger charge is 2.28. The zero-order chi connectivity index (χ0) is 22.5. The Morgan fingerprint density at radius 3 is 2.66 bits per heavy atom. The monoisotopic (exact) mass is 434 g/mol. The van der Waals surface area contributed by atoms with Crippen LogP contribution in [0.1, 0.15) is 18.1 Å². The third kappa shape index (κ3) is 5.06. The Hall–Kier alpha value is -3.87. The molecule has 4 rings (SSSR count). The molecule has 1 atom stereocenters. The van der Waals surface area contributed by atoms with Crippen LogP contribution in [0.25, 0.3) is 0 Å². The number of benzene rings is 3. The second-order valence-electron chi connectivity index (χ2n) is 7.52. The molecule has 3 aromatic carbocycles. The van der Waals surface area contributed by atoms with Gasteiger partial charge in [-0.3, -0.25) is 9.59 Å². The maximum atomic E-state index is 14.1. The number of amides is 2. The van der Waals surface area contributed by atoms with Crippen LogP contribution in [0, 0.1) is 5.82 Å². The molecule has 0 aliphatic carbocycles. The van der Waals surface area contributed by atoms with Crippen molar-refractivity contribution in [1.82, 2.24) is 4.90 Å². The van der Waals surface area contributed by atoms with Crippen molar-refractivity contribution >= 4 is 17.5 Å². The highest BCUT2D eigenvalue weighted by atomic mass is 19.1. The second-order valence-corrected chi connectivity index (χ2v) is 7.52. The number of carbonyl (C=O) groups excluding carboxylic acids is 2. The van der Waals surface area contributed by atoms with Crippen LogP contribution in [-0.2, 0) is 22.7 Å². The Balaban J connectivity index is 1.47. The summed E-state index contributed by atoms with van der Waals surface area (Å²) in [5, 5.41) is 2.80. The van der Waals surface area contributed by atoms with Crippen molar-refractivity contribution < 1.29 is 23.5 Å². The molecule has 6 nitrogen and oxygen atoms in total. The summed E-state index contributed by atoms with van der Waals surface area (Å²) in [5.74, 6) is 0.259. The molecule has 0 saturated carbocycles. The Kier molecular flexibility index (Phi) is 6.35. The normalized spacial score (nSPS) is 15.4. The fraction of sp³-hybridized carbons (Fsp3) is 0.200. The zero-order valence-corrected chi connectivity index (χ0v) is 17.6. The van der Waals surface area contributed by atoms with Gasteiger partial charge in [0.25, 0.3) is 11.8 Å². The quantitative estimate of drug-likeness (QED) is 0.633. The first-order valence-corrected chi connectivity index (χ1v) is 10.3. The molecule has 164 valence electrons. The number of carbonyl (C=O) groups is 2. The Bertz CT molecular complexity index is 1120. The number of rotatable bonds is 6. The highest BCUT2D eigenvalue weighted by molar-refractivity contribution is 5.92. The van der Waals surface area contributed by atoms with Gasteiger partial charge >= 0.3 is 0 Å². The van der Waals surface area contributed by atoms with E-state index in [-0.39, 0.29) is 37.3 Å². The van der Waals surface area contributed by atoms with E-state index < -0.39 is 6.10 Å². The lowest BCUT2D eigenvalue weighted by Crippen LogP contribution is -2.37. The lowest BCUT2D eigenvalue weighted by Gasteiger charge is -2.22. The zero-order valence-electron chi connectivity index (χ0n) is 17.6. The van der Waals surface area contributed by atoms with E-state index in [0.29, 0.717) is 22.7 Å². The van der Waals surface area contributed by atoms with Gasteiger partial charge in [0.2, 0.25) is 0 Å². The molecule has 0 aromatic heterocycles. The number of hydrogen-bond acceptors (Lipinski definition) is 4. The molecule has 1 aliphatic rings. The molecule has 0 unspecified atom stereocenters. The molecule has 32 heavy (non-hydrogen) atoms. The number of ether oxygens (including phenoxy) is 2. The maximum Gasteiger partial charge on any atom is 0.263 e. The molecular weight excluding hydrogens is 411 g/mol. The number of nitrogens with one attached hydrogen (secondary N) is 1. The molecule has 0 fully saturated rings. The molecular formula is C25H23FN2O4. The fourth-order valence-corrected chi connectivity index (χ4v) is 3.51. The number of nitrogens with zero attached hydrogens (tertiary/aromatic N) is 1. The van der Waals surface area contributed by atoms with Gasteiger partial charge in [0.1, 0.15) is 17.3 Å². The standard InChI is InChI=1S/C25H23FN2O4/c1-17-25(30)28(14-18-7-5-6-10-22(18)26)15-19-13-20(11-12-23(19)32-17)27-24(29)16-31-21-8-3-2-4-9-21/h2-13,17H,14-16H2,1H3,(H,27,29)/t17-/m1/s1. The SMILES string of the molecule is C[C@H]1Oc2ccc(NC(=O)COc3ccccc3)cc2CN(Cc2ccccc2F)C1=O. The van der Waals surface area contributed by atoms with Gasteiger partial charge in [0, 0.05) is 29.9 Å². The van der Waals surface area contributed by atoms with E-state index in [1.54, 1.807) is 60.4 Å². The molecule has 0 saturated heterocycles. The van der Waals surface area contributed by atoms with Gasteiger partial charge in [-0.15, -0.1) is 0 Å². The number of fused-ring (bicyclic) bond motifs is 1. The van der Waals surface area contributed by atoms with Gasteiger partial charge in [-0.2, -0.15) is 0 Å². The van der Waals surface area contributed by atoms with Crippen LogP contribution >= 0.6 is 0 Å². The number of para-hydroxylation sites is 1.